The number of amides is 3. The summed E-state index contributed by atoms with van der Waals surface area (Å²) in [5.74, 6) is -1.93. The molecule has 0 spiro atoms. The lowest BCUT2D eigenvalue weighted by Gasteiger charge is -2.26. The Bertz CT molecular complexity index is 1060. The molecule has 9 nitrogen and oxygen atoms in total. The molecule has 0 aromatic heterocycles. The zero-order valence-electron chi connectivity index (χ0n) is 18.8. The van der Waals surface area contributed by atoms with Crippen LogP contribution in [-0.4, -0.2) is 51.2 Å². The maximum Gasteiger partial charge on any atom is 0.322 e. The summed E-state index contributed by atoms with van der Waals surface area (Å²) in [6, 6.07) is 10.5. The predicted molar refractivity (Wildman–Crippen MR) is 127 cm³/mol. The minimum Gasteiger partial charge on any atom is -0.504 e. The van der Waals surface area contributed by atoms with Gasteiger partial charge in [0.25, 0.3) is 5.91 Å². The van der Waals surface area contributed by atoms with Gasteiger partial charge in [-0.15, -0.1) is 0 Å². The van der Waals surface area contributed by atoms with Crippen LogP contribution in [0.15, 0.2) is 54.1 Å². The number of carbonyl (C=O) groups excluding carboxylic acids is 2. The summed E-state index contributed by atoms with van der Waals surface area (Å²) in [6.07, 6.45) is 6.15. The van der Waals surface area contributed by atoms with E-state index in [-0.39, 0.29) is 36.4 Å². The van der Waals surface area contributed by atoms with Gasteiger partial charge >= 0.3 is 12.0 Å². The van der Waals surface area contributed by atoms with Crippen molar-refractivity contribution in [1.29, 1.82) is 0 Å². The Balaban J connectivity index is 1.69. The summed E-state index contributed by atoms with van der Waals surface area (Å²) < 4.78 is 0. The molecule has 1 aliphatic rings. The van der Waals surface area contributed by atoms with Gasteiger partial charge in [-0.25, -0.2) is 4.79 Å². The monoisotopic (exact) mass is 467 g/mol. The third-order valence-corrected chi connectivity index (χ3v) is 5.51. The number of nitrogens with one attached hydrogen (secondary N) is 2. The molecule has 0 aliphatic heterocycles. The van der Waals surface area contributed by atoms with Gasteiger partial charge in [0.15, 0.2) is 11.5 Å². The number of rotatable bonds is 9. The maximum absolute atomic E-state index is 13.1. The van der Waals surface area contributed by atoms with Crippen molar-refractivity contribution in [3.8, 4) is 11.5 Å². The first-order chi connectivity index (χ1) is 16.3. The van der Waals surface area contributed by atoms with Crippen LogP contribution in [0.4, 0.5) is 10.5 Å². The molecular formula is C25H29N3O6. The van der Waals surface area contributed by atoms with Gasteiger partial charge in [0, 0.05) is 37.0 Å². The van der Waals surface area contributed by atoms with Crippen molar-refractivity contribution in [2.45, 2.75) is 38.6 Å². The highest BCUT2D eigenvalue weighted by Crippen LogP contribution is 2.28. The van der Waals surface area contributed by atoms with E-state index in [1.54, 1.807) is 29.2 Å². The molecule has 180 valence electrons. The van der Waals surface area contributed by atoms with E-state index >= 15 is 0 Å². The molecule has 2 aromatic rings. The van der Waals surface area contributed by atoms with Crippen LogP contribution in [0.3, 0.4) is 0 Å². The molecular weight excluding hydrogens is 438 g/mol. The number of carboxylic acid groups (broad SMARTS) is 1. The third-order valence-electron chi connectivity index (χ3n) is 5.51. The van der Waals surface area contributed by atoms with Gasteiger partial charge in [-0.2, -0.15) is 0 Å². The summed E-state index contributed by atoms with van der Waals surface area (Å²) in [5, 5.41) is 33.2. The number of phenols is 2. The number of phenolic OH excluding ortho intramolecular Hbond substituents is 2. The lowest BCUT2D eigenvalue weighted by molar-refractivity contribution is -0.136. The van der Waals surface area contributed by atoms with Crippen LogP contribution in [0.1, 0.15) is 48.0 Å². The van der Waals surface area contributed by atoms with Gasteiger partial charge in [-0.1, -0.05) is 23.8 Å². The predicted octanol–water partition coefficient (Wildman–Crippen LogP) is 3.84. The van der Waals surface area contributed by atoms with Crippen LogP contribution < -0.4 is 10.6 Å². The Hall–Kier alpha value is -4.01. The zero-order valence-corrected chi connectivity index (χ0v) is 18.8. The van der Waals surface area contributed by atoms with Crippen LogP contribution in [0.2, 0.25) is 0 Å². The Morgan fingerprint density at radius 1 is 0.941 bits per heavy atom. The van der Waals surface area contributed by atoms with Crippen LogP contribution in [-0.2, 0) is 11.3 Å². The molecule has 34 heavy (non-hydrogen) atoms. The van der Waals surface area contributed by atoms with Gasteiger partial charge in [0.1, 0.15) is 0 Å². The molecule has 3 rings (SSSR count). The van der Waals surface area contributed by atoms with Crippen LogP contribution in [0.25, 0.3) is 0 Å². The molecule has 5 N–H and O–H groups in total. The van der Waals surface area contributed by atoms with Crippen LogP contribution in [0.5, 0.6) is 11.5 Å². The second-order valence-corrected chi connectivity index (χ2v) is 8.19. The Labute approximate surface area is 197 Å². The lowest BCUT2D eigenvalue weighted by Crippen LogP contribution is -2.36. The molecule has 9 heteroatoms. The van der Waals surface area contributed by atoms with E-state index in [0.29, 0.717) is 24.3 Å². The van der Waals surface area contributed by atoms with E-state index in [2.05, 4.69) is 16.7 Å². The Kier molecular flexibility index (Phi) is 8.50. The average molecular weight is 468 g/mol. The molecule has 0 heterocycles. The average Bonchev–Trinajstić information content (AvgIpc) is 2.82. The third kappa shape index (κ3) is 7.26. The number of aliphatic carboxylic acids is 1. The van der Waals surface area contributed by atoms with E-state index in [4.69, 9.17) is 5.11 Å². The van der Waals surface area contributed by atoms with Gasteiger partial charge in [0.2, 0.25) is 0 Å². The second-order valence-electron chi connectivity index (χ2n) is 8.19. The topological polar surface area (TPSA) is 139 Å². The summed E-state index contributed by atoms with van der Waals surface area (Å²) in [4.78, 5) is 37.5. The van der Waals surface area contributed by atoms with E-state index in [1.807, 2.05) is 0 Å². The SMILES string of the molecule is O=C(O)CCNC(=O)c1ccc(CN(CC2=CCCCC2)C(=O)Nc2ccc(O)c(O)c2)cc1. The van der Waals surface area contributed by atoms with Crippen molar-refractivity contribution in [3.05, 3.63) is 65.2 Å². The summed E-state index contributed by atoms with van der Waals surface area (Å²) >= 11 is 0. The van der Waals surface area contributed by atoms with E-state index < -0.39 is 5.97 Å². The maximum atomic E-state index is 13.1. The molecule has 0 unspecified atom stereocenters. The molecule has 0 fully saturated rings. The van der Waals surface area contributed by atoms with Crippen molar-refractivity contribution >= 4 is 23.6 Å². The highest BCUT2D eigenvalue weighted by atomic mass is 16.4. The number of allylic oxidation sites excluding steroid dienone is 1. The first-order valence-electron chi connectivity index (χ1n) is 11.2. The smallest absolute Gasteiger partial charge is 0.322 e. The molecule has 2 aromatic carbocycles. The number of carboxylic acids is 1. The van der Waals surface area contributed by atoms with Crippen molar-refractivity contribution in [3.63, 3.8) is 0 Å². The van der Waals surface area contributed by atoms with Crippen molar-refractivity contribution in [2.75, 3.05) is 18.4 Å². The van der Waals surface area contributed by atoms with Crippen molar-refractivity contribution in [2.24, 2.45) is 0 Å². The molecule has 0 bridgehead atoms. The summed E-state index contributed by atoms with van der Waals surface area (Å²) in [6.45, 7) is 0.799. The first-order valence-corrected chi connectivity index (χ1v) is 11.2. The number of benzene rings is 2. The quantitative estimate of drug-likeness (QED) is 0.216. The van der Waals surface area contributed by atoms with Crippen molar-refractivity contribution < 1.29 is 29.7 Å². The number of hydrogen-bond donors (Lipinski definition) is 5. The van der Waals surface area contributed by atoms with Gasteiger partial charge in [0.05, 0.1) is 6.42 Å². The Morgan fingerprint density at radius 3 is 2.35 bits per heavy atom. The minimum atomic E-state index is -0.982. The molecule has 0 saturated heterocycles. The number of hydrogen-bond acceptors (Lipinski definition) is 5. The Morgan fingerprint density at radius 2 is 1.71 bits per heavy atom. The van der Waals surface area contributed by atoms with Crippen LogP contribution in [0, 0.1) is 0 Å². The molecule has 0 radical (unpaired) electrons. The summed E-state index contributed by atoms with van der Waals surface area (Å²) in [7, 11) is 0. The largest absolute Gasteiger partial charge is 0.504 e. The van der Waals surface area contributed by atoms with E-state index in [9.17, 15) is 24.6 Å². The molecule has 0 saturated carbocycles. The normalized spacial score (nSPS) is 13.0. The number of aromatic hydroxyl groups is 2. The molecule has 0 atom stereocenters. The fourth-order valence-electron chi connectivity index (χ4n) is 3.66. The summed E-state index contributed by atoms with van der Waals surface area (Å²) in [5.41, 5.74) is 2.77. The standard InChI is InChI=1S/C25H29N3O6/c29-21-11-10-20(14-22(21)30)27-25(34)28(15-17-4-2-1-3-5-17)16-18-6-8-19(9-7-18)24(33)26-13-12-23(31)32/h4,6-11,14,29-30H,1-3,5,12-13,15-16H2,(H,26,33)(H,27,34)(H,31,32). The first kappa shape index (κ1) is 24.6. The lowest BCUT2D eigenvalue weighted by atomic mass is 9.99. The highest BCUT2D eigenvalue weighted by molar-refractivity contribution is 5.94. The fourth-order valence-corrected chi connectivity index (χ4v) is 3.66. The number of urea groups is 1. The van der Waals surface area contributed by atoms with E-state index in [1.165, 1.54) is 23.8 Å². The number of carbonyl (C=O) groups is 3. The number of nitrogens with zero attached hydrogens (tertiary/aromatic N) is 1. The molecule has 1 aliphatic carbocycles. The van der Waals surface area contributed by atoms with Gasteiger partial charge < -0.3 is 30.9 Å². The highest BCUT2D eigenvalue weighted by Gasteiger charge is 2.18. The van der Waals surface area contributed by atoms with Gasteiger partial charge in [-0.3, -0.25) is 9.59 Å². The molecule has 3 amide bonds. The van der Waals surface area contributed by atoms with Crippen LogP contribution >= 0.6 is 0 Å². The van der Waals surface area contributed by atoms with E-state index in [0.717, 1.165) is 31.2 Å². The zero-order chi connectivity index (χ0) is 24.5. The second kappa shape index (κ2) is 11.7. The number of anilines is 1. The van der Waals surface area contributed by atoms with Crippen molar-refractivity contribution in [1.82, 2.24) is 10.2 Å². The van der Waals surface area contributed by atoms with Gasteiger partial charge in [-0.05, 0) is 55.5 Å². The fraction of sp³-hybridized carbons (Fsp3) is 0.320. The minimum absolute atomic E-state index is 0.0474.